The van der Waals surface area contributed by atoms with Gasteiger partial charge in [-0.25, -0.2) is 9.78 Å². The maximum absolute atomic E-state index is 12.9. The fourth-order valence-electron chi connectivity index (χ4n) is 4.43. The summed E-state index contributed by atoms with van der Waals surface area (Å²) in [6, 6.07) is 13.3. The van der Waals surface area contributed by atoms with Crippen LogP contribution in [0.5, 0.6) is 0 Å². The van der Waals surface area contributed by atoms with E-state index in [1.807, 2.05) is 35.7 Å². The third-order valence-electron chi connectivity index (χ3n) is 6.51. The molecule has 2 aliphatic heterocycles. The number of rotatable bonds is 5. The molecule has 3 aromatic rings. The fourth-order valence-corrected chi connectivity index (χ4v) is 5.15. The Hall–Kier alpha value is -3.23. The van der Waals surface area contributed by atoms with Gasteiger partial charge in [-0.05, 0) is 53.9 Å². The number of amides is 1. The van der Waals surface area contributed by atoms with Crippen molar-refractivity contribution in [2.75, 3.05) is 37.3 Å². The molecule has 2 fully saturated rings. The smallest absolute Gasteiger partial charge is 0.416 e. The van der Waals surface area contributed by atoms with Crippen molar-refractivity contribution >= 4 is 34.7 Å². The summed E-state index contributed by atoms with van der Waals surface area (Å²) in [6.07, 6.45) is 2.98. The Balaban J connectivity index is 1.29. The van der Waals surface area contributed by atoms with Crippen LogP contribution in [0.15, 0.2) is 54.0 Å². The van der Waals surface area contributed by atoms with Gasteiger partial charge in [-0.2, -0.15) is 0 Å². The molecular weight excluding hydrogens is 436 g/mol. The highest BCUT2D eigenvalue weighted by atomic mass is 32.1. The Morgan fingerprint density at radius 3 is 2.73 bits per heavy atom. The number of ketones is 1. The molecule has 5 rings (SSSR count). The van der Waals surface area contributed by atoms with E-state index in [1.165, 1.54) is 6.20 Å². The number of likely N-dealkylation sites (tertiary alicyclic amines) is 1. The first-order valence-corrected chi connectivity index (χ1v) is 11.9. The summed E-state index contributed by atoms with van der Waals surface area (Å²) in [7, 11) is 2.07. The molecule has 2 saturated heterocycles. The van der Waals surface area contributed by atoms with Crippen LogP contribution in [0.4, 0.5) is 16.3 Å². The minimum atomic E-state index is -0.440. The van der Waals surface area contributed by atoms with Gasteiger partial charge in [0.15, 0.2) is 5.78 Å². The van der Waals surface area contributed by atoms with Gasteiger partial charge in [0, 0.05) is 54.7 Å². The van der Waals surface area contributed by atoms with Crippen LogP contribution in [0.2, 0.25) is 0 Å². The predicted octanol–water partition coefficient (Wildman–Crippen LogP) is 4.24. The van der Waals surface area contributed by atoms with E-state index < -0.39 is 5.60 Å². The summed E-state index contributed by atoms with van der Waals surface area (Å²) in [6.45, 7) is 2.30. The fraction of sp³-hybridized carbons (Fsp3) is 0.320. The number of hydrogen-bond donors (Lipinski definition) is 1. The highest BCUT2D eigenvalue weighted by Gasteiger charge is 2.47. The van der Waals surface area contributed by atoms with Crippen molar-refractivity contribution in [3.8, 4) is 10.4 Å². The number of piperidine rings is 1. The number of carbonyl (C=O) groups is 2. The zero-order chi connectivity index (χ0) is 23.0. The zero-order valence-electron chi connectivity index (χ0n) is 18.5. The van der Waals surface area contributed by atoms with E-state index >= 15 is 0 Å². The lowest BCUT2D eigenvalue weighted by molar-refractivity contribution is 0.00677. The van der Waals surface area contributed by atoms with Gasteiger partial charge in [-0.15, -0.1) is 11.3 Å². The number of nitrogens with two attached hydrogens (primary N) is 1. The molecule has 0 aliphatic carbocycles. The van der Waals surface area contributed by atoms with E-state index in [1.54, 1.807) is 28.4 Å². The van der Waals surface area contributed by atoms with Gasteiger partial charge in [0.25, 0.3) is 0 Å². The van der Waals surface area contributed by atoms with Crippen LogP contribution >= 0.6 is 11.3 Å². The number of carbonyl (C=O) groups excluding carboxylic acids is 2. The van der Waals surface area contributed by atoms with Crippen molar-refractivity contribution in [2.45, 2.75) is 24.9 Å². The van der Waals surface area contributed by atoms with Gasteiger partial charge in [0.1, 0.15) is 11.4 Å². The topological polar surface area (TPSA) is 88.8 Å². The van der Waals surface area contributed by atoms with Crippen LogP contribution in [0.1, 0.15) is 28.8 Å². The number of aromatic nitrogens is 1. The van der Waals surface area contributed by atoms with Gasteiger partial charge in [-0.3, -0.25) is 9.69 Å². The highest BCUT2D eigenvalue weighted by Crippen LogP contribution is 2.35. The average molecular weight is 463 g/mol. The number of Topliss-reactive ketones (excluding diaryl/α,β-unsaturated/α-hetero) is 1. The van der Waals surface area contributed by atoms with Crippen molar-refractivity contribution in [2.24, 2.45) is 0 Å². The van der Waals surface area contributed by atoms with E-state index in [9.17, 15) is 9.59 Å². The molecule has 0 atom stereocenters. The first-order chi connectivity index (χ1) is 15.9. The molecule has 0 unspecified atom stereocenters. The van der Waals surface area contributed by atoms with Gasteiger partial charge in [-0.1, -0.05) is 12.1 Å². The molecule has 7 nitrogen and oxygen atoms in total. The number of nitrogens with zero attached hydrogens (tertiary/aromatic N) is 3. The molecule has 2 aromatic heterocycles. The van der Waals surface area contributed by atoms with Crippen LogP contribution in [0, 0.1) is 0 Å². The van der Waals surface area contributed by atoms with Crippen molar-refractivity contribution in [3.05, 3.63) is 65.2 Å². The summed E-state index contributed by atoms with van der Waals surface area (Å²) < 4.78 is 5.76. The summed E-state index contributed by atoms with van der Waals surface area (Å²) in [4.78, 5) is 34.8. The summed E-state index contributed by atoms with van der Waals surface area (Å²) in [5.74, 6) is 0.437. The van der Waals surface area contributed by atoms with E-state index in [0.717, 1.165) is 41.9 Å². The molecule has 2 aliphatic rings. The highest BCUT2D eigenvalue weighted by molar-refractivity contribution is 7.13. The van der Waals surface area contributed by atoms with Crippen molar-refractivity contribution < 1.29 is 14.3 Å². The average Bonchev–Trinajstić information content (AvgIpc) is 3.46. The molecule has 1 spiro atoms. The van der Waals surface area contributed by atoms with Gasteiger partial charge in [0.2, 0.25) is 0 Å². The number of nitrogen functional groups attached to an aromatic ring is 1. The third-order valence-corrected chi connectivity index (χ3v) is 7.43. The molecular formula is C25H26N4O3S. The Morgan fingerprint density at radius 1 is 1.21 bits per heavy atom. The molecule has 0 saturated carbocycles. The van der Waals surface area contributed by atoms with E-state index in [-0.39, 0.29) is 18.3 Å². The monoisotopic (exact) mass is 462 g/mol. The van der Waals surface area contributed by atoms with Gasteiger partial charge < -0.3 is 15.4 Å². The van der Waals surface area contributed by atoms with Crippen LogP contribution in [0.25, 0.3) is 10.4 Å². The quantitative estimate of drug-likeness (QED) is 0.451. The van der Waals surface area contributed by atoms with Crippen molar-refractivity contribution in [1.82, 2.24) is 9.88 Å². The zero-order valence-corrected chi connectivity index (χ0v) is 19.3. The Bertz CT molecular complexity index is 1170. The molecule has 8 heteroatoms. The molecule has 170 valence electrons. The van der Waals surface area contributed by atoms with Crippen molar-refractivity contribution in [3.63, 3.8) is 0 Å². The molecule has 4 heterocycles. The number of anilines is 2. The SMILES string of the molecule is CN1CCC2(CC1)CN(c1ccc(C(=O)Cc3cc(-c4cccs4)ccc3N)cn1)C(=O)O2. The summed E-state index contributed by atoms with van der Waals surface area (Å²) in [5, 5.41) is 2.02. The predicted molar refractivity (Wildman–Crippen MR) is 130 cm³/mol. The lowest BCUT2D eigenvalue weighted by atomic mass is 9.91. The minimum Gasteiger partial charge on any atom is -0.440 e. The first-order valence-electron chi connectivity index (χ1n) is 11.0. The lowest BCUT2D eigenvalue weighted by Gasteiger charge is -2.35. The molecule has 1 aromatic carbocycles. The normalized spacial score (nSPS) is 18.0. The Kier molecular flexibility index (Phi) is 5.64. The lowest BCUT2D eigenvalue weighted by Crippen LogP contribution is -2.45. The summed E-state index contributed by atoms with van der Waals surface area (Å²) >= 11 is 1.65. The molecule has 2 N–H and O–H groups in total. The number of hydrogen-bond acceptors (Lipinski definition) is 7. The largest absolute Gasteiger partial charge is 0.440 e. The van der Waals surface area contributed by atoms with Crippen LogP contribution in [-0.2, 0) is 11.2 Å². The standard InChI is InChI=1S/C25H26N4O3S/c1-28-10-8-25(9-11-28)16-29(24(31)32-25)23-7-5-18(15-27-23)21(30)14-19-13-17(4-6-20(19)26)22-3-2-12-33-22/h2-7,12-13,15H,8-11,14,16,26H2,1H3. The summed E-state index contributed by atoms with van der Waals surface area (Å²) in [5.41, 5.74) is 8.62. The number of benzene rings is 1. The molecule has 1 amide bonds. The molecule has 0 radical (unpaired) electrons. The van der Waals surface area contributed by atoms with Gasteiger partial charge >= 0.3 is 6.09 Å². The number of pyridine rings is 1. The Morgan fingerprint density at radius 2 is 2.03 bits per heavy atom. The minimum absolute atomic E-state index is 0.0696. The second kappa shape index (κ2) is 8.61. The third kappa shape index (κ3) is 4.36. The van der Waals surface area contributed by atoms with Crippen LogP contribution < -0.4 is 10.6 Å². The number of ether oxygens (including phenoxy) is 1. The molecule has 33 heavy (non-hydrogen) atoms. The van der Waals surface area contributed by atoms with E-state index in [2.05, 4.69) is 16.9 Å². The van der Waals surface area contributed by atoms with Gasteiger partial charge in [0.05, 0.1) is 6.54 Å². The molecule has 0 bridgehead atoms. The van der Waals surface area contributed by atoms with Crippen molar-refractivity contribution in [1.29, 1.82) is 0 Å². The van der Waals surface area contributed by atoms with Crippen LogP contribution in [-0.4, -0.2) is 54.0 Å². The maximum atomic E-state index is 12.9. The maximum Gasteiger partial charge on any atom is 0.416 e. The second-order valence-electron chi connectivity index (χ2n) is 8.84. The number of thiophene rings is 1. The van der Waals surface area contributed by atoms with E-state index in [4.69, 9.17) is 10.5 Å². The van der Waals surface area contributed by atoms with E-state index in [0.29, 0.717) is 23.6 Å². The Labute approximate surface area is 196 Å². The first kappa shape index (κ1) is 21.6. The second-order valence-corrected chi connectivity index (χ2v) is 9.78. The van der Waals surface area contributed by atoms with Crippen LogP contribution in [0.3, 0.4) is 0 Å².